The summed E-state index contributed by atoms with van der Waals surface area (Å²) in [5.41, 5.74) is 7.80. The summed E-state index contributed by atoms with van der Waals surface area (Å²) >= 11 is 7.27. The Morgan fingerprint density at radius 3 is 2.64 bits per heavy atom. The lowest BCUT2D eigenvalue weighted by Crippen LogP contribution is -2.22. The van der Waals surface area contributed by atoms with Crippen LogP contribution in [0.4, 0.5) is 5.69 Å². The van der Waals surface area contributed by atoms with Crippen LogP contribution in [0.5, 0.6) is 0 Å². The molecular formula is C17H15ClN4O2S. The third kappa shape index (κ3) is 4.12. The van der Waals surface area contributed by atoms with Crippen molar-refractivity contribution in [3.8, 4) is 0 Å². The number of hydrogen-bond donors (Lipinski definition) is 3. The van der Waals surface area contributed by atoms with Crippen molar-refractivity contribution in [1.82, 2.24) is 9.97 Å². The fraction of sp³-hybridized carbons (Fsp3) is 0.118. The SMILES string of the molecule is CC(Sc1nc2ccc(Cl)cc2[nH]1)C(=O)Nc1ccc(C(N)=O)cc1. The van der Waals surface area contributed by atoms with Crippen LogP contribution in [0.25, 0.3) is 11.0 Å². The highest BCUT2D eigenvalue weighted by Crippen LogP contribution is 2.25. The minimum absolute atomic E-state index is 0.171. The molecule has 0 bridgehead atoms. The first-order valence-corrected chi connectivity index (χ1v) is 8.71. The number of aromatic nitrogens is 2. The first-order valence-electron chi connectivity index (χ1n) is 7.45. The normalized spacial score (nSPS) is 12.1. The van der Waals surface area contributed by atoms with Crippen molar-refractivity contribution in [2.24, 2.45) is 5.73 Å². The molecule has 3 aromatic rings. The monoisotopic (exact) mass is 374 g/mol. The number of carbonyl (C=O) groups is 2. The number of halogens is 1. The van der Waals surface area contributed by atoms with Gasteiger partial charge in [-0.25, -0.2) is 4.98 Å². The molecule has 2 amide bonds. The van der Waals surface area contributed by atoms with Gasteiger partial charge in [0.05, 0.1) is 16.3 Å². The third-order valence-electron chi connectivity index (χ3n) is 3.52. The summed E-state index contributed by atoms with van der Waals surface area (Å²) in [6.07, 6.45) is 0. The average Bonchev–Trinajstić information content (AvgIpc) is 2.96. The third-order valence-corrected chi connectivity index (χ3v) is 4.74. The highest BCUT2D eigenvalue weighted by Gasteiger charge is 2.17. The van der Waals surface area contributed by atoms with E-state index >= 15 is 0 Å². The van der Waals surface area contributed by atoms with Gasteiger partial charge in [0.2, 0.25) is 11.8 Å². The standard InChI is InChI=1S/C17H15ClN4O2S/c1-9(16(24)20-12-5-2-10(3-6-12)15(19)23)25-17-21-13-7-4-11(18)8-14(13)22-17/h2-9H,1H3,(H2,19,23)(H,20,24)(H,21,22). The molecule has 128 valence electrons. The number of H-pyrrole nitrogens is 1. The summed E-state index contributed by atoms with van der Waals surface area (Å²) in [5, 5.41) is 3.69. The molecule has 0 aliphatic carbocycles. The highest BCUT2D eigenvalue weighted by molar-refractivity contribution is 8.00. The fourth-order valence-electron chi connectivity index (χ4n) is 2.20. The zero-order valence-corrected chi connectivity index (χ0v) is 14.8. The van der Waals surface area contributed by atoms with Crippen LogP contribution in [0, 0.1) is 0 Å². The molecule has 0 radical (unpaired) electrons. The number of amides is 2. The predicted molar refractivity (Wildman–Crippen MR) is 100 cm³/mol. The van der Waals surface area contributed by atoms with E-state index in [1.54, 1.807) is 43.3 Å². The summed E-state index contributed by atoms with van der Waals surface area (Å²) < 4.78 is 0. The molecule has 1 unspecified atom stereocenters. The van der Waals surface area contributed by atoms with Gasteiger partial charge in [0, 0.05) is 16.3 Å². The van der Waals surface area contributed by atoms with Crippen molar-refractivity contribution in [2.75, 3.05) is 5.32 Å². The van der Waals surface area contributed by atoms with Crippen LogP contribution >= 0.6 is 23.4 Å². The lowest BCUT2D eigenvalue weighted by Gasteiger charge is -2.10. The maximum absolute atomic E-state index is 12.3. The van der Waals surface area contributed by atoms with E-state index in [2.05, 4.69) is 15.3 Å². The molecule has 3 rings (SSSR count). The van der Waals surface area contributed by atoms with Crippen molar-refractivity contribution in [3.63, 3.8) is 0 Å². The summed E-state index contributed by atoms with van der Waals surface area (Å²) in [4.78, 5) is 30.9. The number of carbonyl (C=O) groups excluding carboxylic acids is 2. The lowest BCUT2D eigenvalue weighted by molar-refractivity contribution is -0.115. The van der Waals surface area contributed by atoms with Crippen molar-refractivity contribution in [2.45, 2.75) is 17.3 Å². The van der Waals surface area contributed by atoms with Gasteiger partial charge in [0.15, 0.2) is 5.16 Å². The number of thioether (sulfide) groups is 1. The van der Waals surface area contributed by atoms with Gasteiger partial charge in [-0.2, -0.15) is 0 Å². The first kappa shape index (κ1) is 17.3. The Morgan fingerprint density at radius 2 is 1.96 bits per heavy atom. The van der Waals surface area contributed by atoms with Gasteiger partial charge >= 0.3 is 0 Å². The topological polar surface area (TPSA) is 101 Å². The van der Waals surface area contributed by atoms with Crippen LogP contribution < -0.4 is 11.1 Å². The molecule has 2 aromatic carbocycles. The number of imidazole rings is 1. The number of benzene rings is 2. The molecule has 4 N–H and O–H groups in total. The average molecular weight is 375 g/mol. The Labute approximate surface area is 153 Å². The predicted octanol–water partition coefficient (Wildman–Crippen LogP) is 3.43. The molecule has 0 spiro atoms. The van der Waals surface area contributed by atoms with E-state index in [4.69, 9.17) is 17.3 Å². The van der Waals surface area contributed by atoms with Crippen LogP contribution in [0.3, 0.4) is 0 Å². The van der Waals surface area contributed by atoms with Crippen LogP contribution in [0.2, 0.25) is 5.02 Å². The summed E-state index contributed by atoms with van der Waals surface area (Å²) in [6, 6.07) is 11.8. The van der Waals surface area contributed by atoms with Gasteiger partial charge in [-0.15, -0.1) is 0 Å². The molecule has 1 aromatic heterocycles. The Balaban J connectivity index is 1.66. The number of nitrogens with two attached hydrogens (primary N) is 1. The maximum atomic E-state index is 12.3. The molecule has 0 fully saturated rings. The molecule has 0 aliphatic heterocycles. The van der Waals surface area contributed by atoms with Gasteiger partial charge in [-0.1, -0.05) is 23.4 Å². The summed E-state index contributed by atoms with van der Waals surface area (Å²) in [7, 11) is 0. The van der Waals surface area contributed by atoms with Gasteiger partial charge in [-0.05, 0) is 49.4 Å². The number of aromatic amines is 1. The van der Waals surface area contributed by atoms with E-state index in [1.807, 2.05) is 6.07 Å². The zero-order chi connectivity index (χ0) is 18.0. The van der Waals surface area contributed by atoms with E-state index in [0.717, 1.165) is 11.0 Å². The molecule has 0 aliphatic rings. The fourth-order valence-corrected chi connectivity index (χ4v) is 3.19. The smallest absolute Gasteiger partial charge is 0.248 e. The largest absolute Gasteiger partial charge is 0.366 e. The second kappa shape index (κ2) is 7.16. The highest BCUT2D eigenvalue weighted by atomic mass is 35.5. The number of nitrogens with one attached hydrogen (secondary N) is 2. The molecule has 1 atom stereocenters. The number of fused-ring (bicyclic) bond motifs is 1. The van der Waals surface area contributed by atoms with Crippen molar-refractivity contribution in [1.29, 1.82) is 0 Å². The quantitative estimate of drug-likeness (QED) is 0.595. The number of hydrogen-bond acceptors (Lipinski definition) is 4. The minimum Gasteiger partial charge on any atom is -0.366 e. The van der Waals surface area contributed by atoms with Crippen molar-refractivity contribution >= 4 is 51.9 Å². The minimum atomic E-state index is -0.508. The molecule has 8 heteroatoms. The molecule has 25 heavy (non-hydrogen) atoms. The Kier molecular flexibility index (Phi) is 4.96. The van der Waals surface area contributed by atoms with Gasteiger partial charge in [0.1, 0.15) is 0 Å². The number of nitrogens with zero attached hydrogens (tertiary/aromatic N) is 1. The zero-order valence-electron chi connectivity index (χ0n) is 13.2. The lowest BCUT2D eigenvalue weighted by atomic mass is 10.2. The van der Waals surface area contributed by atoms with Gasteiger partial charge in [0.25, 0.3) is 0 Å². The van der Waals surface area contributed by atoms with Crippen LogP contribution in [0.15, 0.2) is 47.6 Å². The Bertz CT molecular complexity index is 939. The maximum Gasteiger partial charge on any atom is 0.248 e. The molecule has 0 saturated carbocycles. The van der Waals surface area contributed by atoms with Crippen LogP contribution in [0.1, 0.15) is 17.3 Å². The molecular weight excluding hydrogens is 360 g/mol. The summed E-state index contributed by atoms with van der Waals surface area (Å²) in [6.45, 7) is 1.79. The first-order chi connectivity index (χ1) is 11.9. The number of rotatable bonds is 5. The van der Waals surface area contributed by atoms with E-state index in [0.29, 0.717) is 21.4 Å². The molecule has 0 saturated heterocycles. The van der Waals surface area contributed by atoms with Crippen LogP contribution in [-0.2, 0) is 4.79 Å². The number of anilines is 1. The second-order valence-corrected chi connectivity index (χ2v) is 7.16. The van der Waals surface area contributed by atoms with E-state index < -0.39 is 5.91 Å². The van der Waals surface area contributed by atoms with Crippen molar-refractivity contribution in [3.05, 3.63) is 53.1 Å². The van der Waals surface area contributed by atoms with E-state index in [1.165, 1.54) is 11.8 Å². The van der Waals surface area contributed by atoms with Crippen LogP contribution in [-0.4, -0.2) is 27.0 Å². The summed E-state index contributed by atoms with van der Waals surface area (Å²) in [5.74, 6) is -0.679. The number of primary amides is 1. The van der Waals surface area contributed by atoms with Gasteiger partial charge in [-0.3, -0.25) is 9.59 Å². The molecule has 1 heterocycles. The Morgan fingerprint density at radius 1 is 1.24 bits per heavy atom. The van der Waals surface area contributed by atoms with Crippen molar-refractivity contribution < 1.29 is 9.59 Å². The van der Waals surface area contributed by atoms with E-state index in [9.17, 15) is 9.59 Å². The second-order valence-electron chi connectivity index (χ2n) is 5.39. The van der Waals surface area contributed by atoms with Gasteiger partial charge < -0.3 is 16.0 Å². The Hall–Kier alpha value is -2.51. The van der Waals surface area contributed by atoms with E-state index in [-0.39, 0.29) is 11.2 Å². The molecule has 6 nitrogen and oxygen atoms in total.